The van der Waals surface area contributed by atoms with E-state index in [1.54, 1.807) is 24.3 Å². The van der Waals surface area contributed by atoms with Gasteiger partial charge in [-0.1, -0.05) is 17.7 Å². The predicted octanol–water partition coefficient (Wildman–Crippen LogP) is 5.20. The number of benzene rings is 3. The summed E-state index contributed by atoms with van der Waals surface area (Å²) in [6.45, 7) is -0.402. The molecule has 0 radical (unpaired) electrons. The Bertz CT molecular complexity index is 1600. The minimum atomic E-state index is -4.95. The van der Waals surface area contributed by atoms with Crippen molar-refractivity contribution in [3.8, 4) is 17.2 Å². The van der Waals surface area contributed by atoms with Crippen LogP contribution in [0, 0.1) is 5.82 Å². The second-order valence-corrected chi connectivity index (χ2v) is 9.73. The van der Waals surface area contributed by atoms with Crippen molar-refractivity contribution in [3.63, 3.8) is 0 Å². The molecule has 2 N–H and O–H groups in total. The number of carbonyl (C=O) groups excluding carboxylic acids is 1. The van der Waals surface area contributed by atoms with E-state index in [1.165, 1.54) is 41.5 Å². The highest BCUT2D eigenvalue weighted by Crippen LogP contribution is 2.41. The van der Waals surface area contributed by atoms with Gasteiger partial charge in [0.15, 0.2) is 0 Å². The summed E-state index contributed by atoms with van der Waals surface area (Å²) in [7, 11) is 1.46. The van der Waals surface area contributed by atoms with Crippen LogP contribution >= 0.6 is 11.6 Å². The third-order valence-corrected chi connectivity index (χ3v) is 6.87. The zero-order valence-corrected chi connectivity index (χ0v) is 22.8. The number of aliphatic hydroxyl groups excluding tert-OH is 1. The van der Waals surface area contributed by atoms with Gasteiger partial charge in [-0.05, 0) is 42.3 Å². The number of rotatable bonds is 9. The molecule has 9 nitrogen and oxygen atoms in total. The first-order chi connectivity index (χ1) is 20.1. The van der Waals surface area contributed by atoms with Crippen LogP contribution in [-0.2, 0) is 17.4 Å². The molecule has 1 unspecified atom stereocenters. The molecule has 0 spiro atoms. The number of aliphatic hydroxyl groups is 1. The van der Waals surface area contributed by atoms with Gasteiger partial charge in [0, 0.05) is 40.6 Å². The highest BCUT2D eigenvalue weighted by molar-refractivity contribution is 6.30. The Kier molecular flexibility index (Phi) is 8.23. The fourth-order valence-electron chi connectivity index (χ4n) is 4.73. The summed E-state index contributed by atoms with van der Waals surface area (Å²) in [5, 5.41) is 16.9. The summed E-state index contributed by atoms with van der Waals surface area (Å²) in [6.07, 6.45) is -1.97. The number of alkyl halides is 3. The number of fused-ring (bicyclic) bond motifs is 1. The van der Waals surface area contributed by atoms with Crippen molar-refractivity contribution in [1.29, 1.82) is 0 Å². The van der Waals surface area contributed by atoms with E-state index in [0.717, 1.165) is 6.07 Å². The van der Waals surface area contributed by atoms with Gasteiger partial charge in [-0.2, -0.15) is 18.3 Å². The number of aromatic nitrogens is 3. The van der Waals surface area contributed by atoms with Crippen LogP contribution in [0.5, 0.6) is 11.5 Å². The van der Waals surface area contributed by atoms with E-state index in [-0.39, 0.29) is 43.2 Å². The summed E-state index contributed by atoms with van der Waals surface area (Å²) < 4.78 is 67.6. The average Bonchev–Trinajstić information content (AvgIpc) is 3.64. The molecule has 1 amide bonds. The van der Waals surface area contributed by atoms with Crippen LogP contribution < -0.4 is 19.7 Å². The van der Waals surface area contributed by atoms with Crippen molar-refractivity contribution >= 4 is 28.9 Å². The van der Waals surface area contributed by atoms with Crippen LogP contribution in [-0.4, -0.2) is 52.6 Å². The van der Waals surface area contributed by atoms with Crippen molar-refractivity contribution < 1.29 is 36.9 Å². The number of ether oxygens (including phenoxy) is 2. The Balaban J connectivity index is 1.61. The third-order valence-electron chi connectivity index (χ3n) is 6.64. The largest absolute Gasteiger partial charge is 0.497 e. The molecule has 4 aromatic rings. The lowest BCUT2D eigenvalue weighted by Crippen LogP contribution is -2.37. The van der Waals surface area contributed by atoms with E-state index in [4.69, 9.17) is 21.1 Å². The number of amides is 1. The highest BCUT2D eigenvalue weighted by atomic mass is 35.5. The molecule has 42 heavy (non-hydrogen) atoms. The van der Waals surface area contributed by atoms with E-state index in [0.29, 0.717) is 33.8 Å². The Hall–Kier alpha value is -4.36. The van der Waals surface area contributed by atoms with Crippen LogP contribution in [0.4, 0.5) is 28.9 Å². The zero-order valence-electron chi connectivity index (χ0n) is 22.0. The van der Waals surface area contributed by atoms with Gasteiger partial charge in [0.2, 0.25) is 0 Å². The second-order valence-electron chi connectivity index (χ2n) is 9.29. The van der Waals surface area contributed by atoms with Crippen molar-refractivity contribution in [2.45, 2.75) is 18.6 Å². The molecular weight excluding hydrogens is 582 g/mol. The molecule has 1 aliphatic rings. The van der Waals surface area contributed by atoms with Crippen LogP contribution in [0.15, 0.2) is 61.2 Å². The standard InChI is InChI=1S/C28H24ClF4N5O4/c1-41-20-11-18(10-19(12-20)38-15-34-14-35-38)36-26(21-3-2-17(29)9-25(21)42-7-6-39)27(40)37-5-4-16-8-23(30)22(13-24(16)37)28(31,32)33/h2-3,8-15,26,36,39H,4-7H2,1H3. The summed E-state index contributed by atoms with van der Waals surface area (Å²) in [5.41, 5.74) is 0.0151. The maximum Gasteiger partial charge on any atom is 0.419 e. The lowest BCUT2D eigenvalue weighted by molar-refractivity contribution is -0.140. The Morgan fingerprint density at radius 1 is 1.19 bits per heavy atom. The Morgan fingerprint density at radius 3 is 2.69 bits per heavy atom. The van der Waals surface area contributed by atoms with E-state index in [9.17, 15) is 27.5 Å². The Morgan fingerprint density at radius 2 is 2.00 bits per heavy atom. The first kappa shape index (κ1) is 29.1. The number of nitrogens with one attached hydrogen (secondary N) is 1. The van der Waals surface area contributed by atoms with Crippen LogP contribution in [0.3, 0.4) is 0 Å². The number of methoxy groups -OCH3 is 1. The van der Waals surface area contributed by atoms with Gasteiger partial charge in [-0.3, -0.25) is 4.79 Å². The molecule has 0 fully saturated rings. The van der Waals surface area contributed by atoms with Crippen molar-refractivity contribution in [1.82, 2.24) is 14.8 Å². The summed E-state index contributed by atoms with van der Waals surface area (Å²) in [5.74, 6) is -1.44. The number of anilines is 2. The van der Waals surface area contributed by atoms with E-state index >= 15 is 0 Å². The first-order valence-electron chi connectivity index (χ1n) is 12.6. The zero-order chi connectivity index (χ0) is 30.0. The molecule has 220 valence electrons. The molecule has 0 aliphatic carbocycles. The molecule has 2 heterocycles. The van der Waals surface area contributed by atoms with Gasteiger partial charge in [0.1, 0.15) is 42.6 Å². The summed E-state index contributed by atoms with van der Waals surface area (Å²) in [4.78, 5) is 19.4. The average molecular weight is 606 g/mol. The molecule has 5 rings (SSSR count). The number of hydrogen-bond donors (Lipinski definition) is 2. The minimum absolute atomic E-state index is 0.0236. The fraction of sp³-hybridized carbons (Fsp3) is 0.250. The van der Waals surface area contributed by atoms with Gasteiger partial charge in [-0.15, -0.1) is 0 Å². The number of halogens is 5. The number of hydrogen-bond acceptors (Lipinski definition) is 7. The molecular formula is C28H24ClF4N5O4. The topological polar surface area (TPSA) is 102 Å². The Labute approximate surface area is 242 Å². The monoisotopic (exact) mass is 605 g/mol. The van der Waals surface area contributed by atoms with Gasteiger partial charge in [0.25, 0.3) is 5.91 Å². The molecule has 1 aromatic heterocycles. The van der Waals surface area contributed by atoms with Gasteiger partial charge in [-0.25, -0.2) is 14.1 Å². The van der Waals surface area contributed by atoms with E-state index in [2.05, 4.69) is 15.4 Å². The molecule has 1 atom stereocenters. The van der Waals surface area contributed by atoms with Gasteiger partial charge >= 0.3 is 6.18 Å². The van der Waals surface area contributed by atoms with E-state index in [1.807, 2.05) is 0 Å². The SMILES string of the molecule is COc1cc(NC(C(=O)N2CCc3cc(F)c(C(F)(F)F)cc32)c2ccc(Cl)cc2OCCO)cc(-n2cncn2)c1. The maximum atomic E-state index is 14.3. The first-order valence-corrected chi connectivity index (χ1v) is 13.0. The summed E-state index contributed by atoms with van der Waals surface area (Å²) >= 11 is 6.19. The molecule has 0 bridgehead atoms. The molecule has 14 heteroatoms. The van der Waals surface area contributed by atoms with Crippen LogP contribution in [0.1, 0.15) is 22.7 Å². The molecule has 0 saturated carbocycles. The second kappa shape index (κ2) is 11.9. The molecule has 0 saturated heterocycles. The van der Waals surface area contributed by atoms with E-state index < -0.39 is 29.5 Å². The predicted molar refractivity (Wildman–Crippen MR) is 146 cm³/mol. The van der Waals surface area contributed by atoms with Gasteiger partial charge < -0.3 is 24.8 Å². The third kappa shape index (κ3) is 5.97. The lowest BCUT2D eigenvalue weighted by Gasteiger charge is -2.28. The van der Waals surface area contributed by atoms with Crippen LogP contribution in [0.2, 0.25) is 5.02 Å². The lowest BCUT2D eigenvalue weighted by atomic mass is 10.0. The maximum absolute atomic E-state index is 14.3. The van der Waals surface area contributed by atoms with Crippen molar-refractivity contribution in [3.05, 3.63) is 88.7 Å². The minimum Gasteiger partial charge on any atom is -0.497 e. The number of nitrogens with zero attached hydrogens (tertiary/aromatic N) is 4. The molecule has 3 aromatic carbocycles. The normalized spacial score (nSPS) is 13.5. The highest BCUT2D eigenvalue weighted by Gasteiger charge is 2.39. The quantitative estimate of drug-likeness (QED) is 0.253. The van der Waals surface area contributed by atoms with Crippen LogP contribution in [0.25, 0.3) is 5.69 Å². The van der Waals surface area contributed by atoms with Crippen molar-refractivity contribution in [2.75, 3.05) is 37.1 Å². The van der Waals surface area contributed by atoms with Crippen molar-refractivity contribution in [2.24, 2.45) is 0 Å². The number of carbonyl (C=O) groups is 1. The fourth-order valence-corrected chi connectivity index (χ4v) is 4.90. The van der Waals surface area contributed by atoms with Gasteiger partial charge in [0.05, 0.1) is 25.0 Å². The summed E-state index contributed by atoms with van der Waals surface area (Å²) in [6, 6.07) is 9.80. The smallest absolute Gasteiger partial charge is 0.419 e. The molecule has 1 aliphatic heterocycles.